The molecule has 0 saturated carbocycles. The first kappa shape index (κ1) is 12.4. The van der Waals surface area contributed by atoms with E-state index < -0.39 is 18.1 Å². The smallest absolute Gasteiger partial charge is 0.410 e. The first-order valence-corrected chi connectivity index (χ1v) is 5.46. The van der Waals surface area contributed by atoms with Crippen molar-refractivity contribution >= 4 is 12.1 Å². The van der Waals surface area contributed by atoms with Gasteiger partial charge in [-0.2, -0.15) is 0 Å². The Kier molecular flexibility index (Phi) is 3.78. The molecular formula is C12H13NO5. The average Bonchev–Trinajstić information content (AvgIpc) is 2.73. The number of cyclic esters (lactones) is 1. The minimum atomic E-state index is -1.19. The Bertz CT molecular complexity index is 433. The van der Waals surface area contributed by atoms with Crippen LogP contribution >= 0.6 is 0 Å². The van der Waals surface area contributed by atoms with Crippen molar-refractivity contribution in [3.63, 3.8) is 0 Å². The summed E-state index contributed by atoms with van der Waals surface area (Å²) in [6.45, 7) is 0.103. The largest absolute Gasteiger partial charge is 0.465 e. The lowest BCUT2D eigenvalue weighted by Gasteiger charge is -2.16. The van der Waals surface area contributed by atoms with Crippen molar-refractivity contribution in [2.45, 2.75) is 12.6 Å². The third kappa shape index (κ3) is 2.78. The second kappa shape index (κ2) is 5.50. The molecule has 0 aromatic heterocycles. The summed E-state index contributed by atoms with van der Waals surface area (Å²) in [5, 5.41) is 8.86. The third-order valence-electron chi connectivity index (χ3n) is 2.63. The highest BCUT2D eigenvalue weighted by Crippen LogP contribution is 2.12. The Hall–Kier alpha value is -2.08. The van der Waals surface area contributed by atoms with E-state index in [2.05, 4.69) is 4.74 Å². The molecule has 1 aliphatic heterocycles. The molecule has 1 fully saturated rings. The highest BCUT2D eigenvalue weighted by molar-refractivity contribution is 5.83. The van der Waals surface area contributed by atoms with Crippen LogP contribution in [0.25, 0.3) is 0 Å². The Morgan fingerprint density at radius 3 is 2.83 bits per heavy atom. The van der Waals surface area contributed by atoms with Crippen LogP contribution in [-0.4, -0.2) is 41.4 Å². The van der Waals surface area contributed by atoms with Gasteiger partial charge in [0.1, 0.15) is 0 Å². The van der Waals surface area contributed by atoms with Crippen LogP contribution < -0.4 is 0 Å². The van der Waals surface area contributed by atoms with Crippen molar-refractivity contribution in [3.05, 3.63) is 35.9 Å². The number of hydrogen-bond acceptors (Lipinski definition) is 4. The summed E-state index contributed by atoms with van der Waals surface area (Å²) in [7, 11) is 0. The quantitative estimate of drug-likeness (QED) is 0.810. The van der Waals surface area contributed by atoms with E-state index in [1.54, 1.807) is 0 Å². The number of rotatable bonds is 4. The number of ether oxygens (including phenoxy) is 2. The van der Waals surface area contributed by atoms with Crippen LogP contribution in [0.2, 0.25) is 0 Å². The molecule has 18 heavy (non-hydrogen) atoms. The van der Waals surface area contributed by atoms with Gasteiger partial charge in [0.05, 0.1) is 13.2 Å². The van der Waals surface area contributed by atoms with Gasteiger partial charge in [-0.1, -0.05) is 30.3 Å². The third-order valence-corrected chi connectivity index (χ3v) is 2.63. The Labute approximate surface area is 104 Å². The maximum absolute atomic E-state index is 11.3. The molecule has 1 heterocycles. The van der Waals surface area contributed by atoms with Crippen LogP contribution in [0.4, 0.5) is 4.79 Å². The maximum Gasteiger partial charge on any atom is 0.410 e. The first-order chi connectivity index (χ1) is 8.68. The maximum atomic E-state index is 11.3. The Balaban J connectivity index is 1.85. The van der Waals surface area contributed by atoms with Gasteiger partial charge in [0.15, 0.2) is 12.8 Å². The second-order valence-corrected chi connectivity index (χ2v) is 3.86. The van der Waals surface area contributed by atoms with Gasteiger partial charge in [0.25, 0.3) is 0 Å². The van der Waals surface area contributed by atoms with E-state index in [0.717, 1.165) is 10.5 Å². The van der Waals surface area contributed by atoms with E-state index in [0.29, 0.717) is 6.61 Å². The van der Waals surface area contributed by atoms with E-state index in [1.807, 2.05) is 30.3 Å². The van der Waals surface area contributed by atoms with Gasteiger partial charge in [-0.15, -0.1) is 0 Å². The molecule has 1 N–H and O–H groups in total. The lowest BCUT2D eigenvalue weighted by atomic mass is 10.2. The van der Waals surface area contributed by atoms with Crippen LogP contribution in [0, 0.1) is 0 Å². The summed E-state index contributed by atoms with van der Waals surface area (Å²) in [5.41, 5.74) is 0.964. The lowest BCUT2D eigenvalue weighted by Crippen LogP contribution is -2.40. The fourth-order valence-electron chi connectivity index (χ4n) is 1.66. The number of esters is 1. The van der Waals surface area contributed by atoms with Crippen molar-refractivity contribution in [2.24, 2.45) is 0 Å². The molecule has 2 rings (SSSR count). The molecule has 0 spiro atoms. The van der Waals surface area contributed by atoms with Gasteiger partial charge in [-0.3, -0.25) is 4.90 Å². The zero-order valence-electron chi connectivity index (χ0n) is 9.61. The molecule has 0 radical (unpaired) electrons. The van der Waals surface area contributed by atoms with Crippen LogP contribution in [0.3, 0.4) is 0 Å². The van der Waals surface area contributed by atoms with Crippen LogP contribution in [0.15, 0.2) is 30.3 Å². The zero-order valence-corrected chi connectivity index (χ0v) is 9.61. The summed E-state index contributed by atoms with van der Waals surface area (Å²) >= 11 is 0. The van der Waals surface area contributed by atoms with Crippen LogP contribution in [0.5, 0.6) is 0 Å². The van der Waals surface area contributed by atoms with E-state index in [-0.39, 0.29) is 13.3 Å². The summed E-state index contributed by atoms with van der Waals surface area (Å²) in [6.07, 6.45) is -1.19. The topological polar surface area (TPSA) is 76.1 Å². The molecular weight excluding hydrogens is 238 g/mol. The molecule has 1 amide bonds. The summed E-state index contributed by atoms with van der Waals surface area (Å²) in [5.74, 6) is -0.564. The minimum Gasteiger partial charge on any atom is -0.465 e. The fraction of sp³-hybridized carbons (Fsp3) is 0.333. The molecule has 1 aliphatic rings. The Morgan fingerprint density at radius 2 is 2.17 bits per heavy atom. The summed E-state index contributed by atoms with van der Waals surface area (Å²) in [4.78, 5) is 23.1. The predicted molar refractivity (Wildman–Crippen MR) is 60.7 cm³/mol. The van der Waals surface area contributed by atoms with Crippen molar-refractivity contribution in [1.82, 2.24) is 4.90 Å². The van der Waals surface area contributed by atoms with Crippen LogP contribution in [-0.2, 0) is 20.9 Å². The lowest BCUT2D eigenvalue weighted by molar-refractivity contribution is -0.140. The van der Waals surface area contributed by atoms with E-state index in [4.69, 9.17) is 9.84 Å². The molecule has 0 bridgehead atoms. The molecule has 1 aromatic carbocycles. The highest BCUT2D eigenvalue weighted by atomic mass is 16.6. The monoisotopic (exact) mass is 251 g/mol. The van der Waals surface area contributed by atoms with Gasteiger partial charge in [-0.05, 0) is 5.56 Å². The Morgan fingerprint density at radius 1 is 1.44 bits per heavy atom. The SMILES string of the molecule is O=C1OCN(C(=O)O)[C@H]1COCc1ccccc1. The molecule has 6 nitrogen and oxygen atoms in total. The van der Waals surface area contributed by atoms with Crippen molar-refractivity contribution in [1.29, 1.82) is 0 Å². The molecule has 6 heteroatoms. The standard InChI is InChI=1S/C12H13NO5/c14-11-10(13(8-18-11)12(15)16)7-17-6-9-4-2-1-3-5-9/h1-5,10H,6-8H2,(H,15,16)/t10-/m0/s1. The normalized spacial score (nSPS) is 18.8. The minimum absolute atomic E-state index is 0.0000274. The summed E-state index contributed by atoms with van der Waals surface area (Å²) in [6, 6.07) is 8.57. The molecule has 1 aromatic rings. The number of hydrogen-bond donors (Lipinski definition) is 1. The predicted octanol–water partition coefficient (Wildman–Crippen LogP) is 1.07. The van der Waals surface area contributed by atoms with Gasteiger partial charge < -0.3 is 14.6 Å². The molecule has 1 saturated heterocycles. The molecule has 0 aliphatic carbocycles. The number of benzene rings is 1. The van der Waals surface area contributed by atoms with Gasteiger partial charge >= 0.3 is 12.1 Å². The molecule has 96 valence electrons. The summed E-state index contributed by atoms with van der Waals surface area (Å²) < 4.78 is 10.0. The molecule has 1 atom stereocenters. The van der Waals surface area contributed by atoms with Crippen molar-refractivity contribution < 1.29 is 24.2 Å². The van der Waals surface area contributed by atoms with E-state index in [9.17, 15) is 9.59 Å². The van der Waals surface area contributed by atoms with E-state index in [1.165, 1.54) is 0 Å². The van der Waals surface area contributed by atoms with Gasteiger partial charge in [-0.25, -0.2) is 9.59 Å². The van der Waals surface area contributed by atoms with Gasteiger partial charge in [0, 0.05) is 0 Å². The number of nitrogens with zero attached hydrogens (tertiary/aromatic N) is 1. The first-order valence-electron chi connectivity index (χ1n) is 5.46. The van der Waals surface area contributed by atoms with Crippen molar-refractivity contribution in [2.75, 3.05) is 13.3 Å². The van der Waals surface area contributed by atoms with E-state index >= 15 is 0 Å². The second-order valence-electron chi connectivity index (χ2n) is 3.86. The number of carbonyl (C=O) groups is 2. The average molecular weight is 251 g/mol. The zero-order chi connectivity index (χ0) is 13.0. The number of carboxylic acid groups (broad SMARTS) is 1. The van der Waals surface area contributed by atoms with Gasteiger partial charge in [0.2, 0.25) is 0 Å². The fourth-order valence-corrected chi connectivity index (χ4v) is 1.66. The van der Waals surface area contributed by atoms with Crippen molar-refractivity contribution in [3.8, 4) is 0 Å². The number of carbonyl (C=O) groups excluding carboxylic acids is 1. The highest BCUT2D eigenvalue weighted by Gasteiger charge is 2.37. The molecule has 0 unspecified atom stereocenters. The number of amides is 1. The van der Waals surface area contributed by atoms with Crippen LogP contribution in [0.1, 0.15) is 5.56 Å².